The number of carbonyl (C=O) groups is 1. The summed E-state index contributed by atoms with van der Waals surface area (Å²) < 4.78 is 37.3. The number of hydrogen-bond acceptors (Lipinski definition) is 4. The van der Waals surface area contributed by atoms with E-state index in [0.717, 1.165) is 6.26 Å². The van der Waals surface area contributed by atoms with Crippen molar-refractivity contribution < 1.29 is 17.6 Å². The van der Waals surface area contributed by atoms with Crippen molar-refractivity contribution in [2.75, 3.05) is 31.7 Å². The lowest BCUT2D eigenvalue weighted by Crippen LogP contribution is -2.34. The number of sulfonamides is 1. The molecule has 0 atom stereocenters. The van der Waals surface area contributed by atoms with Crippen LogP contribution in [0.3, 0.4) is 0 Å². The summed E-state index contributed by atoms with van der Waals surface area (Å²) in [6.45, 7) is 0.195. The van der Waals surface area contributed by atoms with Gasteiger partial charge in [-0.2, -0.15) is 0 Å². The summed E-state index contributed by atoms with van der Waals surface area (Å²) in [7, 11) is -1.77. The first-order valence-electron chi connectivity index (χ1n) is 5.54. The van der Waals surface area contributed by atoms with Gasteiger partial charge >= 0.3 is 0 Å². The first-order valence-corrected chi connectivity index (χ1v) is 7.43. The topological polar surface area (TPSA) is 87.3 Å². The minimum Gasteiger partial charge on any atom is -0.385 e. The van der Waals surface area contributed by atoms with Gasteiger partial charge in [0.2, 0.25) is 10.0 Å². The van der Waals surface area contributed by atoms with Crippen molar-refractivity contribution in [1.82, 2.24) is 10.0 Å². The van der Waals surface area contributed by atoms with Crippen LogP contribution >= 0.6 is 0 Å². The number of halogens is 1. The van der Waals surface area contributed by atoms with E-state index in [9.17, 15) is 17.6 Å². The smallest absolute Gasteiger partial charge is 0.253 e. The molecule has 0 unspecified atom stereocenters. The normalized spacial score (nSPS) is 11.1. The molecule has 6 nitrogen and oxygen atoms in total. The molecule has 0 spiro atoms. The average molecular weight is 289 g/mol. The molecule has 0 aliphatic carbocycles. The third kappa shape index (κ3) is 4.84. The van der Waals surface area contributed by atoms with E-state index in [-0.39, 0.29) is 24.3 Å². The highest BCUT2D eigenvalue weighted by molar-refractivity contribution is 7.88. The maximum atomic E-state index is 13.4. The van der Waals surface area contributed by atoms with Crippen LogP contribution in [-0.2, 0) is 10.0 Å². The van der Waals surface area contributed by atoms with Crippen molar-refractivity contribution in [2.45, 2.75) is 0 Å². The molecule has 106 valence electrons. The highest BCUT2D eigenvalue weighted by atomic mass is 32.2. The number of benzene rings is 1. The maximum absolute atomic E-state index is 13.4. The first kappa shape index (κ1) is 15.4. The van der Waals surface area contributed by atoms with Gasteiger partial charge in [0.05, 0.1) is 17.5 Å². The van der Waals surface area contributed by atoms with E-state index in [0.29, 0.717) is 0 Å². The van der Waals surface area contributed by atoms with Gasteiger partial charge < -0.3 is 10.6 Å². The summed E-state index contributed by atoms with van der Waals surface area (Å²) >= 11 is 0. The van der Waals surface area contributed by atoms with Gasteiger partial charge in [-0.05, 0) is 12.1 Å². The Morgan fingerprint density at radius 2 is 2.00 bits per heavy atom. The number of para-hydroxylation sites is 1. The van der Waals surface area contributed by atoms with Crippen LogP contribution in [0, 0.1) is 5.82 Å². The zero-order chi connectivity index (χ0) is 14.5. The zero-order valence-electron chi connectivity index (χ0n) is 10.7. The van der Waals surface area contributed by atoms with Crippen LogP contribution in [-0.4, -0.2) is 40.7 Å². The zero-order valence-corrected chi connectivity index (χ0v) is 11.5. The Labute approximate surface area is 111 Å². The lowest BCUT2D eigenvalue weighted by Gasteiger charge is -2.10. The minimum absolute atomic E-state index is 0.0782. The van der Waals surface area contributed by atoms with Crippen molar-refractivity contribution in [3.8, 4) is 0 Å². The van der Waals surface area contributed by atoms with Crippen LogP contribution in [0.25, 0.3) is 0 Å². The van der Waals surface area contributed by atoms with Gasteiger partial charge in [0, 0.05) is 20.1 Å². The molecular weight excluding hydrogens is 273 g/mol. The molecule has 0 aliphatic heterocycles. The number of hydrogen-bond donors (Lipinski definition) is 3. The summed E-state index contributed by atoms with van der Waals surface area (Å²) in [5, 5.41) is 5.11. The van der Waals surface area contributed by atoms with Gasteiger partial charge in [0.1, 0.15) is 5.82 Å². The quantitative estimate of drug-likeness (QED) is 0.650. The second kappa shape index (κ2) is 6.48. The first-order chi connectivity index (χ1) is 8.85. The molecule has 0 saturated carbocycles. The van der Waals surface area contributed by atoms with Crippen molar-refractivity contribution in [3.05, 3.63) is 29.6 Å². The summed E-state index contributed by atoms with van der Waals surface area (Å²) in [5.41, 5.74) is 0.276. The van der Waals surface area contributed by atoms with Crippen LogP contribution < -0.4 is 15.4 Å². The number of amides is 1. The highest BCUT2D eigenvalue weighted by Crippen LogP contribution is 2.18. The second-order valence-electron chi connectivity index (χ2n) is 3.83. The molecule has 3 N–H and O–H groups in total. The molecule has 0 fully saturated rings. The molecule has 1 aromatic carbocycles. The summed E-state index contributed by atoms with van der Waals surface area (Å²) in [6, 6.07) is 4.15. The average Bonchev–Trinajstić information content (AvgIpc) is 2.33. The van der Waals surface area contributed by atoms with E-state index in [2.05, 4.69) is 15.4 Å². The number of anilines is 1. The lowest BCUT2D eigenvalue weighted by molar-refractivity contribution is 0.0954. The van der Waals surface area contributed by atoms with Gasteiger partial charge in [-0.25, -0.2) is 17.5 Å². The molecule has 0 bridgehead atoms. The van der Waals surface area contributed by atoms with Crippen LogP contribution in [0.4, 0.5) is 10.1 Å². The number of rotatable bonds is 6. The Balaban J connectivity index is 2.62. The number of carbonyl (C=O) groups excluding carboxylic acids is 1. The summed E-state index contributed by atoms with van der Waals surface area (Å²) in [5.74, 6) is -0.997. The van der Waals surface area contributed by atoms with Gasteiger partial charge in [-0.3, -0.25) is 4.79 Å². The molecule has 8 heteroatoms. The molecule has 0 aliphatic rings. The van der Waals surface area contributed by atoms with Gasteiger partial charge in [-0.1, -0.05) is 6.07 Å². The highest BCUT2D eigenvalue weighted by Gasteiger charge is 2.13. The van der Waals surface area contributed by atoms with Gasteiger partial charge in [-0.15, -0.1) is 0 Å². The molecule has 0 saturated heterocycles. The Morgan fingerprint density at radius 3 is 2.58 bits per heavy atom. The van der Waals surface area contributed by atoms with E-state index in [1.165, 1.54) is 25.2 Å². The van der Waals surface area contributed by atoms with Crippen molar-refractivity contribution in [3.63, 3.8) is 0 Å². The van der Waals surface area contributed by atoms with Crippen LogP contribution in [0.5, 0.6) is 0 Å². The molecule has 0 heterocycles. The molecule has 0 aromatic heterocycles. The van der Waals surface area contributed by atoms with E-state index < -0.39 is 21.7 Å². The molecule has 1 rings (SSSR count). The Kier molecular flexibility index (Phi) is 5.25. The molecular formula is C11H16FN3O3S. The van der Waals surface area contributed by atoms with E-state index in [4.69, 9.17) is 0 Å². The predicted octanol–water partition coefficient (Wildman–Crippen LogP) is 0.146. The van der Waals surface area contributed by atoms with Crippen LogP contribution in [0.15, 0.2) is 18.2 Å². The monoisotopic (exact) mass is 289 g/mol. The van der Waals surface area contributed by atoms with Gasteiger partial charge in [0.15, 0.2) is 0 Å². The van der Waals surface area contributed by atoms with Crippen molar-refractivity contribution in [2.24, 2.45) is 0 Å². The Morgan fingerprint density at radius 1 is 1.32 bits per heavy atom. The number of nitrogens with one attached hydrogen (secondary N) is 3. The fourth-order valence-corrected chi connectivity index (χ4v) is 1.95. The second-order valence-corrected chi connectivity index (χ2v) is 5.67. The lowest BCUT2D eigenvalue weighted by atomic mass is 10.1. The predicted molar refractivity (Wildman–Crippen MR) is 71.1 cm³/mol. The molecule has 19 heavy (non-hydrogen) atoms. The standard InChI is InChI=1S/C11H16FN3O3S/c1-13-10-8(4-3-5-9(10)12)11(16)14-6-7-15-19(2,17)18/h3-5,13,15H,6-7H2,1-2H3,(H,14,16). The van der Waals surface area contributed by atoms with Crippen molar-refractivity contribution >= 4 is 21.6 Å². The third-order valence-electron chi connectivity index (χ3n) is 2.28. The minimum atomic E-state index is -3.28. The largest absolute Gasteiger partial charge is 0.385 e. The summed E-state index contributed by atoms with van der Waals surface area (Å²) in [6.07, 6.45) is 1.03. The molecule has 1 aromatic rings. The molecule has 0 radical (unpaired) electrons. The Hall–Kier alpha value is -1.67. The van der Waals surface area contributed by atoms with Crippen LogP contribution in [0.2, 0.25) is 0 Å². The van der Waals surface area contributed by atoms with E-state index in [1.807, 2.05) is 0 Å². The SMILES string of the molecule is CNc1c(F)cccc1C(=O)NCCNS(C)(=O)=O. The maximum Gasteiger partial charge on any atom is 0.253 e. The van der Waals surface area contributed by atoms with E-state index >= 15 is 0 Å². The third-order valence-corrected chi connectivity index (χ3v) is 3.01. The Bertz CT molecular complexity index is 560. The van der Waals surface area contributed by atoms with Crippen molar-refractivity contribution in [1.29, 1.82) is 0 Å². The van der Waals surface area contributed by atoms with Gasteiger partial charge in [0.25, 0.3) is 5.91 Å². The summed E-state index contributed by atoms with van der Waals surface area (Å²) in [4.78, 5) is 11.8. The fourth-order valence-electron chi connectivity index (χ4n) is 1.48. The fraction of sp³-hybridized carbons (Fsp3) is 0.364. The van der Waals surface area contributed by atoms with Crippen LogP contribution in [0.1, 0.15) is 10.4 Å². The molecule has 1 amide bonds. The van der Waals surface area contributed by atoms with E-state index in [1.54, 1.807) is 0 Å².